The molecule has 0 saturated carbocycles. The van der Waals surface area contributed by atoms with Crippen molar-refractivity contribution in [1.29, 1.82) is 0 Å². The molecule has 0 aliphatic carbocycles. The summed E-state index contributed by atoms with van der Waals surface area (Å²) in [6.45, 7) is 3.66. The first kappa shape index (κ1) is 8.96. The molecule has 12 heavy (non-hydrogen) atoms. The smallest absolute Gasteiger partial charge is 0.0946 e. The van der Waals surface area contributed by atoms with Crippen LogP contribution >= 0.6 is 0 Å². The van der Waals surface area contributed by atoms with E-state index in [1.54, 1.807) is 12.5 Å². The normalized spacial score (nSPS) is 12.8. The molecule has 0 aromatic carbocycles. The first-order valence-electron chi connectivity index (χ1n) is 3.82. The predicted octanol–water partition coefficient (Wildman–Crippen LogP) is 0.501. The second-order valence-corrected chi connectivity index (χ2v) is 2.67. The zero-order chi connectivity index (χ0) is 8.97. The van der Waals surface area contributed by atoms with Gasteiger partial charge >= 0.3 is 0 Å². The van der Waals surface area contributed by atoms with E-state index in [1.165, 1.54) is 0 Å². The summed E-state index contributed by atoms with van der Waals surface area (Å²) in [6.07, 6.45) is 6.18. The lowest BCUT2D eigenvalue weighted by Crippen LogP contribution is -2.28. The summed E-state index contributed by atoms with van der Waals surface area (Å²) in [5, 5.41) is 0. The maximum absolute atomic E-state index is 5.38. The maximum atomic E-state index is 5.38. The molecular weight excluding hydrogens is 152 g/mol. The topological polar surface area (TPSA) is 55.9 Å². The van der Waals surface area contributed by atoms with Gasteiger partial charge < -0.3 is 4.57 Å². The standard InChI is InChI=1S/C8H14N4/c1-3-4-7(11-9)8-5-10-6-12(8)2/h3,5-7,11H,1,4,9H2,2H3. The average molecular weight is 166 g/mol. The number of hydrogen-bond acceptors (Lipinski definition) is 3. The molecule has 1 rings (SSSR count). The van der Waals surface area contributed by atoms with Gasteiger partial charge in [-0.05, 0) is 6.42 Å². The van der Waals surface area contributed by atoms with E-state index in [4.69, 9.17) is 5.84 Å². The molecule has 4 heteroatoms. The number of nitrogens with one attached hydrogen (secondary N) is 1. The van der Waals surface area contributed by atoms with E-state index in [9.17, 15) is 0 Å². The van der Waals surface area contributed by atoms with Gasteiger partial charge in [-0.3, -0.25) is 11.3 Å². The number of aromatic nitrogens is 2. The van der Waals surface area contributed by atoms with Crippen molar-refractivity contribution in [3.63, 3.8) is 0 Å². The van der Waals surface area contributed by atoms with E-state index >= 15 is 0 Å². The van der Waals surface area contributed by atoms with Crippen molar-refractivity contribution in [2.24, 2.45) is 12.9 Å². The lowest BCUT2D eigenvalue weighted by atomic mass is 10.1. The Morgan fingerprint density at radius 1 is 1.92 bits per heavy atom. The van der Waals surface area contributed by atoms with E-state index in [2.05, 4.69) is 17.0 Å². The molecule has 1 aromatic heterocycles. The number of nitrogens with zero attached hydrogens (tertiary/aromatic N) is 2. The van der Waals surface area contributed by atoms with E-state index < -0.39 is 0 Å². The largest absolute Gasteiger partial charge is 0.336 e. The third-order valence-corrected chi connectivity index (χ3v) is 1.81. The van der Waals surface area contributed by atoms with Crippen molar-refractivity contribution in [3.05, 3.63) is 30.9 Å². The van der Waals surface area contributed by atoms with Crippen molar-refractivity contribution in [2.75, 3.05) is 0 Å². The molecule has 1 heterocycles. The molecule has 0 fully saturated rings. The number of nitrogens with two attached hydrogens (primary N) is 1. The average Bonchev–Trinajstić information content (AvgIpc) is 2.47. The number of imidazole rings is 1. The van der Waals surface area contributed by atoms with Crippen LogP contribution in [0.15, 0.2) is 25.2 Å². The van der Waals surface area contributed by atoms with Gasteiger partial charge in [0, 0.05) is 13.2 Å². The van der Waals surface area contributed by atoms with E-state index in [0.29, 0.717) is 0 Å². The molecule has 1 unspecified atom stereocenters. The first-order chi connectivity index (χ1) is 5.79. The van der Waals surface area contributed by atoms with Crippen molar-refractivity contribution < 1.29 is 0 Å². The van der Waals surface area contributed by atoms with Crippen LogP contribution in [0.3, 0.4) is 0 Å². The monoisotopic (exact) mass is 166 g/mol. The molecule has 0 aliphatic heterocycles. The molecule has 0 saturated heterocycles. The quantitative estimate of drug-likeness (QED) is 0.389. The van der Waals surface area contributed by atoms with Crippen LogP contribution in [-0.2, 0) is 7.05 Å². The Bertz CT molecular complexity index is 253. The SMILES string of the molecule is C=CCC(NN)c1cncn1C. The Morgan fingerprint density at radius 2 is 2.67 bits per heavy atom. The van der Waals surface area contributed by atoms with Gasteiger partial charge in [-0.15, -0.1) is 6.58 Å². The molecule has 1 atom stereocenters. The van der Waals surface area contributed by atoms with E-state index in [1.807, 2.05) is 17.7 Å². The van der Waals surface area contributed by atoms with E-state index in [0.717, 1.165) is 12.1 Å². The summed E-state index contributed by atoms with van der Waals surface area (Å²) in [7, 11) is 1.94. The van der Waals surface area contributed by atoms with Crippen LogP contribution in [0.2, 0.25) is 0 Å². The molecule has 0 aliphatic rings. The second kappa shape index (κ2) is 4.04. The third-order valence-electron chi connectivity index (χ3n) is 1.81. The highest BCUT2D eigenvalue weighted by atomic mass is 15.2. The summed E-state index contributed by atoms with van der Waals surface area (Å²) in [5.74, 6) is 5.38. The van der Waals surface area contributed by atoms with E-state index in [-0.39, 0.29) is 6.04 Å². The number of aryl methyl sites for hydroxylation is 1. The Hall–Kier alpha value is -1.13. The zero-order valence-electron chi connectivity index (χ0n) is 7.20. The number of hydrazine groups is 1. The maximum Gasteiger partial charge on any atom is 0.0946 e. The van der Waals surface area contributed by atoms with Crippen LogP contribution in [0.5, 0.6) is 0 Å². The van der Waals surface area contributed by atoms with Crippen LogP contribution < -0.4 is 11.3 Å². The molecular formula is C8H14N4. The van der Waals surface area contributed by atoms with Crippen molar-refractivity contribution in [3.8, 4) is 0 Å². The van der Waals surface area contributed by atoms with Crippen molar-refractivity contribution in [2.45, 2.75) is 12.5 Å². The minimum absolute atomic E-state index is 0.106. The summed E-state index contributed by atoms with van der Waals surface area (Å²) in [4.78, 5) is 4.01. The first-order valence-corrected chi connectivity index (χ1v) is 3.82. The predicted molar refractivity (Wildman–Crippen MR) is 48.1 cm³/mol. The molecule has 0 spiro atoms. The van der Waals surface area contributed by atoms with Gasteiger partial charge in [-0.1, -0.05) is 6.08 Å². The van der Waals surface area contributed by atoms with Crippen LogP contribution in [0.25, 0.3) is 0 Å². The van der Waals surface area contributed by atoms with Gasteiger partial charge in [0.2, 0.25) is 0 Å². The fraction of sp³-hybridized carbons (Fsp3) is 0.375. The number of rotatable bonds is 4. The molecule has 0 bridgehead atoms. The minimum atomic E-state index is 0.106. The highest BCUT2D eigenvalue weighted by Gasteiger charge is 2.10. The van der Waals surface area contributed by atoms with Gasteiger partial charge in [0.25, 0.3) is 0 Å². The lowest BCUT2D eigenvalue weighted by Gasteiger charge is -2.13. The summed E-state index contributed by atoms with van der Waals surface area (Å²) in [6, 6.07) is 0.106. The van der Waals surface area contributed by atoms with Crippen molar-refractivity contribution in [1.82, 2.24) is 15.0 Å². The summed E-state index contributed by atoms with van der Waals surface area (Å²) < 4.78 is 1.94. The van der Waals surface area contributed by atoms with Crippen LogP contribution in [-0.4, -0.2) is 9.55 Å². The van der Waals surface area contributed by atoms with Crippen LogP contribution in [0, 0.1) is 0 Å². The highest BCUT2D eigenvalue weighted by molar-refractivity contribution is 5.05. The molecule has 66 valence electrons. The lowest BCUT2D eigenvalue weighted by molar-refractivity contribution is 0.530. The molecule has 0 amide bonds. The Kier molecular flexibility index (Phi) is 3.01. The second-order valence-electron chi connectivity index (χ2n) is 2.67. The van der Waals surface area contributed by atoms with Gasteiger partial charge in [-0.2, -0.15) is 0 Å². The van der Waals surface area contributed by atoms with Gasteiger partial charge in [0.1, 0.15) is 0 Å². The fourth-order valence-corrected chi connectivity index (χ4v) is 1.14. The van der Waals surface area contributed by atoms with Gasteiger partial charge in [0.15, 0.2) is 0 Å². The minimum Gasteiger partial charge on any atom is -0.336 e. The van der Waals surface area contributed by atoms with Crippen LogP contribution in [0.1, 0.15) is 18.2 Å². The molecule has 0 radical (unpaired) electrons. The van der Waals surface area contributed by atoms with Gasteiger partial charge in [-0.25, -0.2) is 4.98 Å². The molecule has 4 nitrogen and oxygen atoms in total. The highest BCUT2D eigenvalue weighted by Crippen LogP contribution is 2.14. The zero-order valence-corrected chi connectivity index (χ0v) is 7.20. The Labute approximate surface area is 72.1 Å². The number of hydrogen-bond donors (Lipinski definition) is 2. The third kappa shape index (κ3) is 1.72. The molecule has 1 aromatic rings. The fourth-order valence-electron chi connectivity index (χ4n) is 1.14. The van der Waals surface area contributed by atoms with Gasteiger partial charge in [0.05, 0.1) is 18.1 Å². The Morgan fingerprint density at radius 3 is 3.08 bits per heavy atom. The van der Waals surface area contributed by atoms with Crippen LogP contribution in [0.4, 0.5) is 0 Å². The summed E-state index contributed by atoms with van der Waals surface area (Å²) >= 11 is 0. The Balaban J connectivity index is 2.78. The summed E-state index contributed by atoms with van der Waals surface area (Å²) in [5.41, 5.74) is 3.78. The molecule has 3 N–H and O–H groups in total. The van der Waals surface area contributed by atoms with Crippen molar-refractivity contribution >= 4 is 0 Å².